The summed E-state index contributed by atoms with van der Waals surface area (Å²) >= 11 is 1.91. The van der Waals surface area contributed by atoms with Crippen molar-refractivity contribution in [3.63, 3.8) is 0 Å². The minimum Gasteiger partial charge on any atom is -0.432 e. The van der Waals surface area contributed by atoms with E-state index in [0.29, 0.717) is 24.4 Å². The summed E-state index contributed by atoms with van der Waals surface area (Å²) in [6.07, 6.45) is -0.662. The van der Waals surface area contributed by atoms with Crippen molar-refractivity contribution in [2.45, 2.75) is 0 Å². The van der Waals surface area contributed by atoms with Gasteiger partial charge >= 0.3 is 6.16 Å². The molecule has 0 radical (unpaired) electrons. The van der Waals surface area contributed by atoms with Crippen molar-refractivity contribution in [2.24, 2.45) is 0 Å². The van der Waals surface area contributed by atoms with Crippen LogP contribution in [0.15, 0.2) is 0 Å². The number of methoxy groups -OCH3 is 1. The molecular formula is C7H13IO5. The Morgan fingerprint density at radius 2 is 1.85 bits per heavy atom. The monoisotopic (exact) mass is 304 g/mol. The van der Waals surface area contributed by atoms with Crippen LogP contribution in [0.5, 0.6) is 0 Å². The van der Waals surface area contributed by atoms with Crippen LogP contribution in [0.25, 0.3) is 0 Å². The van der Waals surface area contributed by atoms with Crippen LogP contribution in [-0.4, -0.2) is 44.3 Å². The molecule has 0 saturated carbocycles. The first kappa shape index (κ1) is 12.9. The Morgan fingerprint density at radius 3 is 2.46 bits per heavy atom. The summed E-state index contributed by atoms with van der Waals surface area (Å²) in [5.74, 6) is 0. The number of alkyl halides is 1. The molecular weight excluding hydrogens is 291 g/mol. The highest BCUT2D eigenvalue weighted by atomic mass is 127. The molecule has 0 aromatic carbocycles. The minimum absolute atomic E-state index is 0.208. The lowest BCUT2D eigenvalue weighted by Gasteiger charge is -2.04. The fourth-order valence-electron chi connectivity index (χ4n) is 0.514. The van der Waals surface area contributed by atoms with E-state index in [2.05, 4.69) is 9.47 Å². The average Bonchev–Trinajstić information content (AvgIpc) is 2.11. The predicted molar refractivity (Wildman–Crippen MR) is 54.0 cm³/mol. The van der Waals surface area contributed by atoms with Gasteiger partial charge in [-0.3, -0.25) is 0 Å². The molecule has 6 heteroatoms. The fourth-order valence-corrected chi connectivity index (χ4v) is 0.769. The van der Waals surface area contributed by atoms with Crippen molar-refractivity contribution < 1.29 is 23.7 Å². The molecule has 0 atom stereocenters. The molecule has 0 fully saturated rings. The zero-order chi connectivity index (χ0) is 9.94. The van der Waals surface area contributed by atoms with E-state index in [-0.39, 0.29) is 6.61 Å². The van der Waals surface area contributed by atoms with Crippen LogP contribution in [0, 0.1) is 0 Å². The Bertz CT molecular complexity index is 130. The largest absolute Gasteiger partial charge is 0.509 e. The van der Waals surface area contributed by atoms with E-state index < -0.39 is 6.16 Å². The minimum atomic E-state index is -0.662. The van der Waals surface area contributed by atoms with Gasteiger partial charge in [0.1, 0.15) is 11.2 Å². The molecule has 0 aliphatic heterocycles. The smallest absolute Gasteiger partial charge is 0.432 e. The molecule has 5 nitrogen and oxygen atoms in total. The lowest BCUT2D eigenvalue weighted by atomic mass is 10.7. The fraction of sp³-hybridized carbons (Fsp3) is 0.857. The van der Waals surface area contributed by atoms with Gasteiger partial charge in [-0.1, -0.05) is 0 Å². The van der Waals surface area contributed by atoms with Crippen LogP contribution in [0.4, 0.5) is 4.79 Å². The third kappa shape index (κ3) is 9.84. The maximum absolute atomic E-state index is 10.6. The number of carbonyl (C=O) groups excluding carboxylic acids is 1. The zero-order valence-electron chi connectivity index (χ0n) is 7.45. The van der Waals surface area contributed by atoms with Crippen LogP contribution in [0.3, 0.4) is 0 Å². The van der Waals surface area contributed by atoms with Crippen molar-refractivity contribution in [3.05, 3.63) is 0 Å². The van der Waals surface area contributed by atoms with E-state index in [1.165, 1.54) is 0 Å². The Hall–Kier alpha value is -0.0800. The summed E-state index contributed by atoms with van der Waals surface area (Å²) in [4.78, 5) is 10.6. The molecule has 0 rings (SSSR count). The van der Waals surface area contributed by atoms with E-state index in [1.54, 1.807) is 7.11 Å². The van der Waals surface area contributed by atoms with Gasteiger partial charge in [-0.05, 0) is 22.6 Å². The molecule has 0 amide bonds. The van der Waals surface area contributed by atoms with Crippen LogP contribution in [0.2, 0.25) is 0 Å². The second-order valence-electron chi connectivity index (χ2n) is 1.96. The van der Waals surface area contributed by atoms with Gasteiger partial charge in [0, 0.05) is 7.11 Å². The van der Waals surface area contributed by atoms with Crippen LogP contribution >= 0.6 is 22.6 Å². The lowest BCUT2D eigenvalue weighted by molar-refractivity contribution is 0.0218. The Balaban J connectivity index is 3.02. The number of ether oxygens (including phenoxy) is 4. The first-order valence-electron chi connectivity index (χ1n) is 3.73. The third-order valence-electron chi connectivity index (χ3n) is 1.05. The molecule has 0 unspecified atom stereocenters. The number of hydrogen-bond donors (Lipinski definition) is 0. The van der Waals surface area contributed by atoms with Gasteiger partial charge in [0.15, 0.2) is 0 Å². The number of hydrogen-bond acceptors (Lipinski definition) is 5. The molecule has 0 aliphatic carbocycles. The third-order valence-corrected chi connectivity index (χ3v) is 1.36. The van der Waals surface area contributed by atoms with Gasteiger partial charge in [0.25, 0.3) is 0 Å². The molecule has 0 N–H and O–H groups in total. The summed E-state index contributed by atoms with van der Waals surface area (Å²) in [6, 6.07) is 0. The molecule has 0 aromatic heterocycles. The molecule has 78 valence electrons. The predicted octanol–water partition coefficient (Wildman–Crippen LogP) is 1.20. The standard InChI is InChI=1S/C7H13IO5/c1-10-2-3-11-4-5-12-7(9)13-6-8/h2-6H2,1H3. The maximum Gasteiger partial charge on any atom is 0.509 e. The summed E-state index contributed by atoms with van der Waals surface area (Å²) < 4.78 is 19.2. The van der Waals surface area contributed by atoms with Gasteiger partial charge in [0.2, 0.25) is 0 Å². The molecule has 0 heterocycles. The Labute approximate surface area is 90.8 Å². The van der Waals surface area contributed by atoms with Gasteiger partial charge in [-0.15, -0.1) is 0 Å². The number of rotatable bonds is 7. The molecule has 0 saturated heterocycles. The number of halogens is 1. The highest BCUT2D eigenvalue weighted by Gasteiger charge is 2.00. The molecule has 0 aliphatic rings. The van der Waals surface area contributed by atoms with Crippen molar-refractivity contribution in [1.82, 2.24) is 0 Å². The highest BCUT2D eigenvalue weighted by Crippen LogP contribution is 1.89. The maximum atomic E-state index is 10.6. The van der Waals surface area contributed by atoms with Gasteiger partial charge in [-0.25, -0.2) is 4.79 Å². The summed E-state index contributed by atoms with van der Waals surface area (Å²) in [6.45, 7) is 1.61. The van der Waals surface area contributed by atoms with E-state index >= 15 is 0 Å². The summed E-state index contributed by atoms with van der Waals surface area (Å²) in [5.41, 5.74) is 0. The molecule has 0 aromatic rings. The second kappa shape index (κ2) is 10.0. The topological polar surface area (TPSA) is 54.0 Å². The quantitative estimate of drug-likeness (QED) is 0.306. The van der Waals surface area contributed by atoms with Crippen molar-refractivity contribution in [3.8, 4) is 0 Å². The van der Waals surface area contributed by atoms with Crippen molar-refractivity contribution >= 4 is 28.7 Å². The summed E-state index contributed by atoms with van der Waals surface area (Å²) in [7, 11) is 1.59. The SMILES string of the molecule is COCCOCCOC(=O)OCI. The van der Waals surface area contributed by atoms with E-state index in [9.17, 15) is 4.79 Å². The van der Waals surface area contributed by atoms with Crippen LogP contribution in [0.1, 0.15) is 0 Å². The first-order chi connectivity index (χ1) is 6.31. The molecule has 13 heavy (non-hydrogen) atoms. The molecule has 0 spiro atoms. The van der Waals surface area contributed by atoms with Crippen LogP contribution in [-0.2, 0) is 18.9 Å². The van der Waals surface area contributed by atoms with Gasteiger partial charge in [0.05, 0.1) is 19.8 Å². The van der Waals surface area contributed by atoms with Gasteiger partial charge in [-0.2, -0.15) is 0 Å². The van der Waals surface area contributed by atoms with E-state index in [1.807, 2.05) is 22.6 Å². The normalized spacial score (nSPS) is 9.69. The van der Waals surface area contributed by atoms with E-state index in [0.717, 1.165) is 0 Å². The number of carbonyl (C=O) groups is 1. The van der Waals surface area contributed by atoms with Crippen LogP contribution < -0.4 is 0 Å². The average molecular weight is 304 g/mol. The first-order valence-corrected chi connectivity index (χ1v) is 5.26. The Morgan fingerprint density at radius 1 is 1.15 bits per heavy atom. The second-order valence-corrected chi connectivity index (χ2v) is 2.58. The molecule has 0 bridgehead atoms. The Kier molecular flexibility index (Phi) is 9.94. The van der Waals surface area contributed by atoms with E-state index in [4.69, 9.17) is 9.47 Å². The van der Waals surface area contributed by atoms with Crippen molar-refractivity contribution in [1.29, 1.82) is 0 Å². The van der Waals surface area contributed by atoms with Crippen molar-refractivity contribution in [2.75, 3.05) is 38.2 Å². The summed E-state index contributed by atoms with van der Waals surface area (Å²) in [5, 5.41) is 0. The zero-order valence-corrected chi connectivity index (χ0v) is 9.61. The van der Waals surface area contributed by atoms with Gasteiger partial charge < -0.3 is 18.9 Å². The highest BCUT2D eigenvalue weighted by molar-refractivity contribution is 14.1. The lowest BCUT2D eigenvalue weighted by Crippen LogP contribution is -2.12.